The SMILES string of the molecule is CCOC(=O)[C@H](C)C[C@H](NC(=O)Cc1ccc(F)cc1)C(=O)O. The first-order valence-electron chi connectivity index (χ1n) is 7.26. The largest absolute Gasteiger partial charge is 0.480 e. The lowest BCUT2D eigenvalue weighted by molar-refractivity contribution is -0.149. The number of benzene rings is 1. The summed E-state index contributed by atoms with van der Waals surface area (Å²) < 4.78 is 17.6. The zero-order valence-electron chi connectivity index (χ0n) is 13.0. The fourth-order valence-corrected chi connectivity index (χ4v) is 1.99. The van der Waals surface area contributed by atoms with E-state index in [0.717, 1.165) is 0 Å². The summed E-state index contributed by atoms with van der Waals surface area (Å²) in [5, 5.41) is 11.5. The molecule has 23 heavy (non-hydrogen) atoms. The highest BCUT2D eigenvalue weighted by Crippen LogP contribution is 2.10. The van der Waals surface area contributed by atoms with Crippen molar-refractivity contribution in [3.05, 3.63) is 35.6 Å². The van der Waals surface area contributed by atoms with Crippen LogP contribution in [-0.2, 0) is 25.5 Å². The van der Waals surface area contributed by atoms with Crippen LogP contribution in [0.2, 0.25) is 0 Å². The van der Waals surface area contributed by atoms with Gasteiger partial charge in [-0.05, 0) is 31.0 Å². The molecule has 1 amide bonds. The normalized spacial score (nSPS) is 13.0. The Morgan fingerprint density at radius 3 is 2.39 bits per heavy atom. The van der Waals surface area contributed by atoms with Gasteiger partial charge in [0.25, 0.3) is 0 Å². The van der Waals surface area contributed by atoms with Crippen LogP contribution >= 0.6 is 0 Å². The van der Waals surface area contributed by atoms with Crippen molar-refractivity contribution < 1.29 is 28.6 Å². The summed E-state index contributed by atoms with van der Waals surface area (Å²) >= 11 is 0. The van der Waals surface area contributed by atoms with Gasteiger partial charge in [0.2, 0.25) is 5.91 Å². The van der Waals surface area contributed by atoms with Crippen molar-refractivity contribution >= 4 is 17.8 Å². The monoisotopic (exact) mass is 325 g/mol. The molecule has 2 N–H and O–H groups in total. The molecule has 1 rings (SSSR count). The lowest BCUT2D eigenvalue weighted by Crippen LogP contribution is -2.43. The lowest BCUT2D eigenvalue weighted by atomic mass is 10.0. The number of ether oxygens (including phenoxy) is 1. The van der Waals surface area contributed by atoms with Crippen LogP contribution in [0.15, 0.2) is 24.3 Å². The molecular formula is C16H20FNO5. The molecule has 0 aromatic heterocycles. The van der Waals surface area contributed by atoms with Crippen molar-refractivity contribution in [1.82, 2.24) is 5.32 Å². The number of halogens is 1. The smallest absolute Gasteiger partial charge is 0.326 e. The second kappa shape index (κ2) is 8.87. The molecule has 7 heteroatoms. The highest BCUT2D eigenvalue weighted by Gasteiger charge is 2.26. The summed E-state index contributed by atoms with van der Waals surface area (Å²) in [6, 6.07) is 4.15. The Kier molecular flexibility index (Phi) is 7.18. The Morgan fingerprint density at radius 1 is 1.26 bits per heavy atom. The number of carboxylic acid groups (broad SMARTS) is 1. The van der Waals surface area contributed by atoms with E-state index in [2.05, 4.69) is 5.32 Å². The minimum Gasteiger partial charge on any atom is -0.480 e. The molecule has 1 aromatic rings. The van der Waals surface area contributed by atoms with Gasteiger partial charge in [0, 0.05) is 0 Å². The molecule has 0 aliphatic heterocycles. The van der Waals surface area contributed by atoms with Crippen LogP contribution in [-0.4, -0.2) is 35.6 Å². The number of carboxylic acids is 1. The molecule has 0 aliphatic carbocycles. The molecule has 0 saturated carbocycles. The molecule has 0 saturated heterocycles. The number of amides is 1. The van der Waals surface area contributed by atoms with Crippen LogP contribution in [0.25, 0.3) is 0 Å². The predicted molar refractivity (Wildman–Crippen MR) is 80.1 cm³/mol. The molecule has 2 atom stereocenters. The first kappa shape index (κ1) is 18.6. The third-order valence-corrected chi connectivity index (χ3v) is 3.19. The van der Waals surface area contributed by atoms with Gasteiger partial charge in [0.05, 0.1) is 18.9 Å². The van der Waals surface area contributed by atoms with E-state index in [1.54, 1.807) is 13.8 Å². The van der Waals surface area contributed by atoms with Crippen molar-refractivity contribution in [2.24, 2.45) is 5.92 Å². The first-order valence-corrected chi connectivity index (χ1v) is 7.26. The summed E-state index contributed by atoms with van der Waals surface area (Å²) in [6.45, 7) is 3.40. The molecular weight excluding hydrogens is 305 g/mol. The van der Waals surface area contributed by atoms with Gasteiger partial charge in [-0.2, -0.15) is 0 Å². The molecule has 0 spiro atoms. The summed E-state index contributed by atoms with van der Waals surface area (Å²) in [5.41, 5.74) is 0.562. The van der Waals surface area contributed by atoms with Crippen LogP contribution in [0.4, 0.5) is 4.39 Å². The molecule has 0 unspecified atom stereocenters. The van der Waals surface area contributed by atoms with Gasteiger partial charge in [-0.15, -0.1) is 0 Å². The second-order valence-corrected chi connectivity index (χ2v) is 5.15. The number of nitrogens with one attached hydrogen (secondary N) is 1. The van der Waals surface area contributed by atoms with Crippen molar-refractivity contribution in [2.75, 3.05) is 6.61 Å². The Balaban J connectivity index is 2.61. The van der Waals surface area contributed by atoms with Gasteiger partial charge in [-0.3, -0.25) is 9.59 Å². The van der Waals surface area contributed by atoms with Gasteiger partial charge in [-0.1, -0.05) is 19.1 Å². The van der Waals surface area contributed by atoms with Crippen LogP contribution < -0.4 is 5.32 Å². The van der Waals surface area contributed by atoms with Gasteiger partial charge < -0.3 is 15.2 Å². The van der Waals surface area contributed by atoms with Crippen molar-refractivity contribution in [3.8, 4) is 0 Å². The zero-order chi connectivity index (χ0) is 17.4. The van der Waals surface area contributed by atoms with E-state index in [4.69, 9.17) is 9.84 Å². The fraction of sp³-hybridized carbons (Fsp3) is 0.438. The van der Waals surface area contributed by atoms with Crippen LogP contribution in [0, 0.1) is 11.7 Å². The average molecular weight is 325 g/mol. The average Bonchev–Trinajstić information content (AvgIpc) is 2.49. The molecule has 0 heterocycles. The Hall–Kier alpha value is -2.44. The maximum absolute atomic E-state index is 12.8. The quantitative estimate of drug-likeness (QED) is 0.707. The van der Waals surface area contributed by atoms with Gasteiger partial charge in [0.15, 0.2) is 0 Å². The number of rotatable bonds is 8. The zero-order valence-corrected chi connectivity index (χ0v) is 13.0. The van der Waals surface area contributed by atoms with Crippen LogP contribution in [0.5, 0.6) is 0 Å². The molecule has 0 fully saturated rings. The Bertz CT molecular complexity index is 558. The highest BCUT2D eigenvalue weighted by atomic mass is 19.1. The minimum absolute atomic E-state index is 0.0661. The van der Waals surface area contributed by atoms with Gasteiger partial charge in [-0.25, -0.2) is 9.18 Å². The summed E-state index contributed by atoms with van der Waals surface area (Å²) in [5.74, 6) is -3.32. The standard InChI is InChI=1S/C16H20FNO5/c1-3-23-16(22)10(2)8-13(15(20)21)18-14(19)9-11-4-6-12(17)7-5-11/h4-7,10,13H,3,8-9H2,1-2H3,(H,18,19)(H,20,21)/t10-,13+/m1/s1. The number of esters is 1. The Morgan fingerprint density at radius 2 is 1.87 bits per heavy atom. The van der Waals surface area contributed by atoms with E-state index in [-0.39, 0.29) is 19.4 Å². The molecule has 126 valence electrons. The molecule has 1 aromatic carbocycles. The third kappa shape index (κ3) is 6.46. The topological polar surface area (TPSA) is 92.7 Å². The van der Waals surface area contributed by atoms with Gasteiger partial charge >= 0.3 is 11.9 Å². The van der Waals surface area contributed by atoms with Crippen molar-refractivity contribution in [2.45, 2.75) is 32.7 Å². The van der Waals surface area contributed by atoms with E-state index in [0.29, 0.717) is 5.56 Å². The summed E-state index contributed by atoms with van der Waals surface area (Å²) in [4.78, 5) is 34.7. The van der Waals surface area contributed by atoms with E-state index in [9.17, 15) is 18.8 Å². The number of hydrogen-bond donors (Lipinski definition) is 2. The van der Waals surface area contributed by atoms with Crippen molar-refractivity contribution in [3.63, 3.8) is 0 Å². The number of carbonyl (C=O) groups excluding carboxylic acids is 2. The third-order valence-electron chi connectivity index (χ3n) is 3.19. The molecule has 6 nitrogen and oxygen atoms in total. The van der Waals surface area contributed by atoms with E-state index < -0.39 is 35.6 Å². The Labute approximate surface area is 133 Å². The first-order chi connectivity index (χ1) is 10.8. The predicted octanol–water partition coefficient (Wildman–Crippen LogP) is 1.53. The fourth-order valence-electron chi connectivity index (χ4n) is 1.99. The van der Waals surface area contributed by atoms with Gasteiger partial charge in [0.1, 0.15) is 11.9 Å². The summed E-state index contributed by atoms with van der Waals surface area (Å²) in [7, 11) is 0. The highest BCUT2D eigenvalue weighted by molar-refractivity contribution is 5.85. The summed E-state index contributed by atoms with van der Waals surface area (Å²) in [6.07, 6.45) is -0.138. The van der Waals surface area contributed by atoms with E-state index in [1.807, 2.05) is 0 Å². The van der Waals surface area contributed by atoms with E-state index >= 15 is 0 Å². The minimum atomic E-state index is -1.23. The van der Waals surface area contributed by atoms with E-state index in [1.165, 1.54) is 24.3 Å². The molecule has 0 aliphatic rings. The maximum Gasteiger partial charge on any atom is 0.326 e. The van der Waals surface area contributed by atoms with Crippen molar-refractivity contribution in [1.29, 1.82) is 0 Å². The number of carbonyl (C=O) groups is 3. The lowest BCUT2D eigenvalue weighted by Gasteiger charge is -2.18. The number of hydrogen-bond acceptors (Lipinski definition) is 4. The molecule has 0 radical (unpaired) electrons. The number of aliphatic carboxylic acids is 1. The second-order valence-electron chi connectivity index (χ2n) is 5.15. The van der Waals surface area contributed by atoms with Crippen LogP contribution in [0.3, 0.4) is 0 Å². The molecule has 0 bridgehead atoms. The van der Waals surface area contributed by atoms with Crippen LogP contribution in [0.1, 0.15) is 25.8 Å². The maximum atomic E-state index is 12.8.